The lowest BCUT2D eigenvalue weighted by atomic mass is 9.94. The van der Waals surface area contributed by atoms with Gasteiger partial charge in [-0.3, -0.25) is 4.90 Å². The summed E-state index contributed by atoms with van der Waals surface area (Å²) >= 11 is 3.52. The Labute approximate surface area is 84.6 Å². The summed E-state index contributed by atoms with van der Waals surface area (Å²) in [5.41, 5.74) is 0. The van der Waals surface area contributed by atoms with E-state index in [9.17, 15) is 0 Å². The van der Waals surface area contributed by atoms with Crippen LogP contribution in [-0.4, -0.2) is 29.4 Å². The highest BCUT2D eigenvalue weighted by molar-refractivity contribution is 9.09. The lowest BCUT2D eigenvalue weighted by Crippen LogP contribution is -2.37. The molecule has 0 aliphatic heterocycles. The molecule has 0 unspecified atom stereocenters. The van der Waals surface area contributed by atoms with Gasteiger partial charge in [-0.2, -0.15) is 0 Å². The second-order valence-corrected chi connectivity index (χ2v) is 4.40. The predicted molar refractivity (Wildman–Crippen MR) is 57.9 cm³/mol. The molecule has 0 bridgehead atoms. The second-order valence-electron chi connectivity index (χ2n) is 3.61. The molecule has 1 fully saturated rings. The summed E-state index contributed by atoms with van der Waals surface area (Å²) in [5.74, 6) is 0. The SMILES string of the molecule is CCN(CCBr)C1CCCCC1. The standard InChI is InChI=1S/C10H20BrN/c1-2-12(9-8-11)10-6-4-3-5-7-10/h10H,2-9H2,1H3. The molecule has 1 aliphatic rings. The van der Waals surface area contributed by atoms with Crippen molar-refractivity contribution in [3.63, 3.8) is 0 Å². The largest absolute Gasteiger partial charge is 0.300 e. The Bertz CT molecular complexity index is 108. The summed E-state index contributed by atoms with van der Waals surface area (Å²) in [6, 6.07) is 0.890. The van der Waals surface area contributed by atoms with Gasteiger partial charge < -0.3 is 0 Å². The van der Waals surface area contributed by atoms with Crippen LogP contribution < -0.4 is 0 Å². The third kappa shape index (κ3) is 3.06. The molecule has 0 aromatic carbocycles. The zero-order chi connectivity index (χ0) is 8.81. The van der Waals surface area contributed by atoms with Gasteiger partial charge in [-0.1, -0.05) is 42.1 Å². The first-order valence-electron chi connectivity index (χ1n) is 5.18. The average Bonchev–Trinajstić information content (AvgIpc) is 2.15. The van der Waals surface area contributed by atoms with E-state index < -0.39 is 0 Å². The van der Waals surface area contributed by atoms with Crippen molar-refractivity contribution in [2.24, 2.45) is 0 Å². The van der Waals surface area contributed by atoms with Crippen molar-refractivity contribution < 1.29 is 0 Å². The van der Waals surface area contributed by atoms with Crippen LogP contribution in [0, 0.1) is 0 Å². The molecule has 0 amide bonds. The molecule has 0 heterocycles. The number of hydrogen-bond donors (Lipinski definition) is 0. The Morgan fingerprint density at radius 2 is 1.92 bits per heavy atom. The van der Waals surface area contributed by atoms with Gasteiger partial charge in [0.1, 0.15) is 0 Å². The monoisotopic (exact) mass is 233 g/mol. The van der Waals surface area contributed by atoms with Crippen molar-refractivity contribution in [3.8, 4) is 0 Å². The van der Waals surface area contributed by atoms with Crippen LogP contribution in [0.25, 0.3) is 0 Å². The van der Waals surface area contributed by atoms with Gasteiger partial charge in [-0.25, -0.2) is 0 Å². The van der Waals surface area contributed by atoms with Crippen LogP contribution >= 0.6 is 15.9 Å². The van der Waals surface area contributed by atoms with Crippen molar-refractivity contribution in [2.75, 3.05) is 18.4 Å². The van der Waals surface area contributed by atoms with Crippen LogP contribution in [0.15, 0.2) is 0 Å². The number of rotatable bonds is 4. The summed E-state index contributed by atoms with van der Waals surface area (Å²) in [7, 11) is 0. The lowest BCUT2D eigenvalue weighted by Gasteiger charge is -2.32. The molecule has 12 heavy (non-hydrogen) atoms. The van der Waals surface area contributed by atoms with E-state index >= 15 is 0 Å². The minimum absolute atomic E-state index is 0.890. The molecule has 2 heteroatoms. The first kappa shape index (κ1) is 10.5. The van der Waals surface area contributed by atoms with E-state index in [-0.39, 0.29) is 0 Å². The molecule has 0 N–H and O–H groups in total. The second kappa shape index (κ2) is 5.98. The van der Waals surface area contributed by atoms with Gasteiger partial charge in [0.05, 0.1) is 0 Å². The molecule has 0 aromatic rings. The highest BCUT2D eigenvalue weighted by Crippen LogP contribution is 2.22. The Kier molecular flexibility index (Phi) is 5.24. The molecule has 72 valence electrons. The molecule has 0 atom stereocenters. The van der Waals surface area contributed by atoms with Crippen LogP contribution in [-0.2, 0) is 0 Å². The summed E-state index contributed by atoms with van der Waals surface area (Å²) in [4.78, 5) is 2.62. The maximum Gasteiger partial charge on any atom is 0.0159 e. The normalized spacial score (nSPS) is 20.2. The summed E-state index contributed by atoms with van der Waals surface area (Å²) < 4.78 is 0. The molecule has 1 saturated carbocycles. The molecule has 0 aromatic heterocycles. The van der Waals surface area contributed by atoms with Gasteiger partial charge in [-0.15, -0.1) is 0 Å². The average molecular weight is 234 g/mol. The third-order valence-corrected chi connectivity index (χ3v) is 3.22. The van der Waals surface area contributed by atoms with Crippen LogP contribution in [0.1, 0.15) is 39.0 Å². The lowest BCUT2D eigenvalue weighted by molar-refractivity contribution is 0.174. The molecular formula is C10H20BrN. The fraction of sp³-hybridized carbons (Fsp3) is 1.00. The molecule has 0 radical (unpaired) electrons. The highest BCUT2D eigenvalue weighted by atomic mass is 79.9. The van der Waals surface area contributed by atoms with Gasteiger partial charge in [0.15, 0.2) is 0 Å². The van der Waals surface area contributed by atoms with Crippen LogP contribution in [0.3, 0.4) is 0 Å². The van der Waals surface area contributed by atoms with Gasteiger partial charge in [-0.05, 0) is 19.4 Å². The Balaban J connectivity index is 2.29. The van der Waals surface area contributed by atoms with Crippen molar-refractivity contribution in [2.45, 2.75) is 45.1 Å². The Hall–Kier alpha value is 0.440. The number of nitrogens with zero attached hydrogens (tertiary/aromatic N) is 1. The molecule has 1 nitrogen and oxygen atoms in total. The first-order chi connectivity index (χ1) is 5.88. The first-order valence-corrected chi connectivity index (χ1v) is 6.30. The fourth-order valence-electron chi connectivity index (χ4n) is 2.15. The van der Waals surface area contributed by atoms with Crippen molar-refractivity contribution in [3.05, 3.63) is 0 Å². The summed E-state index contributed by atoms with van der Waals surface area (Å²) in [6.07, 6.45) is 7.22. The molecule has 0 spiro atoms. The Morgan fingerprint density at radius 3 is 2.42 bits per heavy atom. The minimum Gasteiger partial charge on any atom is -0.300 e. The van der Waals surface area contributed by atoms with E-state index in [2.05, 4.69) is 27.8 Å². The summed E-state index contributed by atoms with van der Waals surface area (Å²) in [6.45, 7) is 4.72. The predicted octanol–water partition coefficient (Wildman–Crippen LogP) is 3.04. The van der Waals surface area contributed by atoms with E-state index in [1.807, 2.05) is 0 Å². The van der Waals surface area contributed by atoms with Crippen LogP contribution in [0.4, 0.5) is 0 Å². The molecule has 1 rings (SSSR count). The van der Waals surface area contributed by atoms with Gasteiger partial charge in [0.25, 0.3) is 0 Å². The maximum absolute atomic E-state index is 3.52. The highest BCUT2D eigenvalue weighted by Gasteiger charge is 2.18. The van der Waals surface area contributed by atoms with E-state index in [1.54, 1.807) is 0 Å². The molecular weight excluding hydrogens is 214 g/mol. The molecule has 0 saturated heterocycles. The van der Waals surface area contributed by atoms with Crippen molar-refractivity contribution >= 4 is 15.9 Å². The number of hydrogen-bond acceptors (Lipinski definition) is 1. The zero-order valence-electron chi connectivity index (χ0n) is 8.06. The maximum atomic E-state index is 3.52. The summed E-state index contributed by atoms with van der Waals surface area (Å²) in [5, 5.41) is 1.12. The van der Waals surface area contributed by atoms with Crippen molar-refractivity contribution in [1.82, 2.24) is 4.90 Å². The fourth-order valence-corrected chi connectivity index (χ4v) is 2.61. The van der Waals surface area contributed by atoms with Gasteiger partial charge in [0.2, 0.25) is 0 Å². The van der Waals surface area contributed by atoms with E-state index in [0.29, 0.717) is 0 Å². The van der Waals surface area contributed by atoms with Gasteiger partial charge in [0, 0.05) is 17.9 Å². The smallest absolute Gasteiger partial charge is 0.0159 e. The van der Waals surface area contributed by atoms with Crippen LogP contribution in [0.5, 0.6) is 0 Å². The number of alkyl halides is 1. The zero-order valence-corrected chi connectivity index (χ0v) is 9.65. The van der Waals surface area contributed by atoms with E-state index in [1.165, 1.54) is 45.2 Å². The topological polar surface area (TPSA) is 3.24 Å². The van der Waals surface area contributed by atoms with Gasteiger partial charge >= 0.3 is 0 Å². The number of halogens is 1. The van der Waals surface area contributed by atoms with Crippen molar-refractivity contribution in [1.29, 1.82) is 0 Å². The quantitative estimate of drug-likeness (QED) is 0.676. The molecule has 1 aliphatic carbocycles. The van der Waals surface area contributed by atoms with E-state index in [4.69, 9.17) is 0 Å². The minimum atomic E-state index is 0.890. The third-order valence-electron chi connectivity index (χ3n) is 2.87. The van der Waals surface area contributed by atoms with E-state index in [0.717, 1.165) is 11.4 Å². The Morgan fingerprint density at radius 1 is 1.25 bits per heavy atom. The van der Waals surface area contributed by atoms with Crippen LogP contribution in [0.2, 0.25) is 0 Å².